The minimum atomic E-state index is -0.467. The Kier molecular flexibility index (Phi) is 13.0. The van der Waals surface area contributed by atoms with Gasteiger partial charge in [-0.1, -0.05) is 65.7 Å². The summed E-state index contributed by atoms with van der Waals surface area (Å²) in [6.07, 6.45) is 3.16. The molecule has 1 fully saturated rings. The zero-order valence-corrected chi connectivity index (χ0v) is 32.8. The monoisotopic (exact) mass is 766 g/mol. The number of carbonyl (C=O) groups is 1. The first kappa shape index (κ1) is 39.4. The molecule has 6 aromatic rings. The van der Waals surface area contributed by atoms with E-state index in [2.05, 4.69) is 82.6 Å². The second-order valence-electron chi connectivity index (χ2n) is 14.4. The van der Waals surface area contributed by atoms with E-state index in [9.17, 15) is 9.90 Å². The zero-order valence-electron chi connectivity index (χ0n) is 31.3. The Morgan fingerprint density at radius 3 is 2.17 bits per heavy atom. The molecule has 0 amide bonds. The number of hydrogen-bond acceptors (Lipinski definition) is 8. The third kappa shape index (κ3) is 9.86. The molecular weight excluding hydrogens is 719 g/mol. The number of β-amino-alcohol motifs (C(OH)–C–C–N with tert-alkyl or cyclic N) is 1. The normalized spacial score (nSPS) is 15.3. The molecule has 0 spiro atoms. The number of carbonyl (C=O) groups excluding carboxylic acids is 1. The Bertz CT molecular complexity index is 2230. The molecule has 1 aliphatic heterocycles. The van der Waals surface area contributed by atoms with E-state index in [1.54, 1.807) is 6.07 Å². The molecule has 1 saturated heterocycles. The second-order valence-corrected chi connectivity index (χ2v) is 15.1. The van der Waals surface area contributed by atoms with Crippen LogP contribution in [0.5, 0.6) is 11.5 Å². The number of pyridine rings is 2. The molecule has 54 heavy (non-hydrogen) atoms. The van der Waals surface area contributed by atoms with Gasteiger partial charge in [-0.05, 0) is 118 Å². The van der Waals surface area contributed by atoms with Gasteiger partial charge in [0.05, 0.1) is 35.9 Å². The number of nitrogens with zero attached hydrogens (tertiary/aromatic N) is 3. The minimum Gasteiger partial charge on any atom is -0.494 e. The summed E-state index contributed by atoms with van der Waals surface area (Å²) >= 11 is 12.4. The Morgan fingerprint density at radius 2 is 1.50 bits per heavy atom. The molecule has 1 aliphatic rings. The van der Waals surface area contributed by atoms with Crippen LogP contribution in [-0.4, -0.2) is 70.2 Å². The van der Waals surface area contributed by atoms with E-state index in [-0.39, 0.29) is 16.7 Å². The van der Waals surface area contributed by atoms with Gasteiger partial charge in [-0.25, -0.2) is 9.97 Å². The van der Waals surface area contributed by atoms with Crippen LogP contribution in [0.1, 0.15) is 62.0 Å². The van der Waals surface area contributed by atoms with Gasteiger partial charge in [-0.3, -0.25) is 9.69 Å². The highest BCUT2D eigenvalue weighted by Crippen LogP contribution is 2.29. The number of aldehydes is 1. The van der Waals surface area contributed by atoms with Crippen LogP contribution in [0.3, 0.4) is 0 Å². The van der Waals surface area contributed by atoms with Crippen LogP contribution in [0.15, 0.2) is 91.0 Å². The molecule has 0 bridgehead atoms. The van der Waals surface area contributed by atoms with E-state index in [4.69, 9.17) is 32.7 Å². The van der Waals surface area contributed by atoms with Gasteiger partial charge >= 0.3 is 0 Å². The summed E-state index contributed by atoms with van der Waals surface area (Å²) in [6.45, 7) is 11.7. The molecule has 4 aromatic carbocycles. The maximum Gasteiger partial charge on any atom is 0.153 e. The highest BCUT2D eigenvalue weighted by atomic mass is 35.5. The van der Waals surface area contributed by atoms with Gasteiger partial charge in [0.25, 0.3) is 0 Å². The first-order valence-electron chi connectivity index (χ1n) is 18.6. The molecule has 0 radical (unpaired) electrons. The van der Waals surface area contributed by atoms with Gasteiger partial charge in [0, 0.05) is 41.0 Å². The first-order chi connectivity index (χ1) is 26.0. The van der Waals surface area contributed by atoms with E-state index in [1.807, 2.05) is 50.2 Å². The highest BCUT2D eigenvalue weighted by molar-refractivity contribution is 6.32. The van der Waals surface area contributed by atoms with Crippen LogP contribution in [0.25, 0.3) is 32.6 Å². The van der Waals surface area contributed by atoms with Crippen molar-refractivity contribution < 1.29 is 19.4 Å². The van der Waals surface area contributed by atoms with Crippen LogP contribution in [0.4, 0.5) is 0 Å². The number of rotatable bonds is 13. The lowest BCUT2D eigenvalue weighted by molar-refractivity contribution is 0.0633. The van der Waals surface area contributed by atoms with Crippen molar-refractivity contribution in [2.24, 2.45) is 0 Å². The van der Waals surface area contributed by atoms with Gasteiger partial charge < -0.3 is 19.9 Å². The highest BCUT2D eigenvalue weighted by Gasteiger charge is 2.32. The number of aromatic nitrogens is 2. The van der Waals surface area contributed by atoms with Crippen molar-refractivity contribution in [3.8, 4) is 11.5 Å². The average Bonchev–Trinajstić information content (AvgIpc) is 3.63. The molecule has 0 unspecified atom stereocenters. The van der Waals surface area contributed by atoms with Crippen molar-refractivity contribution in [1.82, 2.24) is 20.2 Å². The third-order valence-corrected chi connectivity index (χ3v) is 10.4. The Balaban J connectivity index is 0.000000259. The molecule has 10 heteroatoms. The van der Waals surface area contributed by atoms with E-state index < -0.39 is 6.10 Å². The number of likely N-dealkylation sites (tertiary alicyclic amines) is 1. The van der Waals surface area contributed by atoms with Crippen LogP contribution >= 0.6 is 23.2 Å². The van der Waals surface area contributed by atoms with Crippen LogP contribution in [0, 0.1) is 0 Å². The molecule has 7 rings (SSSR count). The summed E-state index contributed by atoms with van der Waals surface area (Å²) < 4.78 is 11.0. The molecular formula is C44H48Cl2N4O4. The van der Waals surface area contributed by atoms with Gasteiger partial charge in [0.1, 0.15) is 21.8 Å². The largest absolute Gasteiger partial charge is 0.494 e. The molecule has 8 nitrogen and oxygen atoms in total. The third-order valence-electron chi connectivity index (χ3n) is 9.81. The predicted molar refractivity (Wildman–Crippen MR) is 220 cm³/mol. The Morgan fingerprint density at radius 1 is 0.852 bits per heavy atom. The summed E-state index contributed by atoms with van der Waals surface area (Å²) in [4.78, 5) is 21.8. The molecule has 3 heterocycles. The van der Waals surface area contributed by atoms with Crippen LogP contribution in [-0.2, 0) is 13.0 Å². The van der Waals surface area contributed by atoms with Crippen molar-refractivity contribution in [2.45, 2.75) is 71.2 Å². The second kappa shape index (κ2) is 17.9. The van der Waals surface area contributed by atoms with Gasteiger partial charge in [-0.15, -0.1) is 0 Å². The molecule has 2 N–H and O–H groups in total. The number of halogens is 2. The van der Waals surface area contributed by atoms with Crippen molar-refractivity contribution in [3.63, 3.8) is 0 Å². The van der Waals surface area contributed by atoms with E-state index >= 15 is 0 Å². The maximum absolute atomic E-state index is 11.2. The van der Waals surface area contributed by atoms with Crippen molar-refractivity contribution in [2.75, 3.05) is 26.3 Å². The Labute approximate surface area is 327 Å². The molecule has 282 valence electrons. The number of hydrogen-bond donors (Lipinski definition) is 2. The fourth-order valence-corrected chi connectivity index (χ4v) is 7.57. The summed E-state index contributed by atoms with van der Waals surface area (Å²) in [5, 5.41) is 20.0. The van der Waals surface area contributed by atoms with E-state index in [0.717, 1.165) is 64.7 Å². The summed E-state index contributed by atoms with van der Waals surface area (Å²) in [6, 6.07) is 30.4. The number of benzene rings is 4. The fraction of sp³-hybridized carbons (Fsp3) is 0.341. The molecule has 0 saturated carbocycles. The van der Waals surface area contributed by atoms with Gasteiger partial charge in [0.2, 0.25) is 0 Å². The minimum absolute atomic E-state index is 0.0838. The predicted octanol–water partition coefficient (Wildman–Crippen LogP) is 9.48. The first-order valence-corrected chi connectivity index (χ1v) is 19.4. The lowest BCUT2D eigenvalue weighted by Crippen LogP contribution is -2.50. The van der Waals surface area contributed by atoms with Crippen molar-refractivity contribution >= 4 is 62.1 Å². The summed E-state index contributed by atoms with van der Waals surface area (Å²) in [5.41, 5.74) is 4.14. The topological polar surface area (TPSA) is 96.8 Å². The molecule has 2 aromatic heterocycles. The molecule has 0 aliphatic carbocycles. The maximum atomic E-state index is 11.2. The average molecular weight is 768 g/mol. The lowest BCUT2D eigenvalue weighted by Gasteiger charge is -2.33. The van der Waals surface area contributed by atoms with Gasteiger partial charge in [0.15, 0.2) is 6.29 Å². The number of ether oxygens (including phenoxy) is 2. The van der Waals surface area contributed by atoms with Crippen molar-refractivity contribution in [1.29, 1.82) is 0 Å². The number of aliphatic hydroxyl groups excluding tert-OH is 1. The fourth-order valence-electron chi connectivity index (χ4n) is 7.17. The van der Waals surface area contributed by atoms with Crippen LogP contribution < -0.4 is 14.8 Å². The van der Waals surface area contributed by atoms with Crippen molar-refractivity contribution in [3.05, 3.63) is 118 Å². The lowest BCUT2D eigenvalue weighted by atomic mass is 9.93. The van der Waals surface area contributed by atoms with Gasteiger partial charge in [-0.2, -0.15) is 0 Å². The quantitative estimate of drug-likeness (QED) is 0.0887. The van der Waals surface area contributed by atoms with E-state index in [1.165, 1.54) is 16.3 Å². The standard InChI is InChI=1S/C32H38ClN3O2.C12H10ClNO2/c1-4-38-27-13-14-28-25(18-27)17-26(31(33)35-28)21-36-15-7-10-29(36)30(37)20-34-32(2,3)19-22-11-12-23-8-5-6-9-24(23)16-22;1-2-16-10-3-4-11-8(6-10)5-9(7-15)12(13)14-11/h5-6,8-9,11-14,16-18,29-30,34,37H,4,7,10,15,19-21H2,1-3H3;3-7H,2H2,1H3/t29-,30-;/m1./s1. The number of aliphatic hydroxyl groups is 1. The number of nitrogens with one attached hydrogen (secondary N) is 1. The van der Waals surface area contributed by atoms with E-state index in [0.29, 0.717) is 43.3 Å². The SMILES string of the molecule is CCOc1ccc2nc(Cl)c(C=O)cc2c1.CCOc1ccc2nc(Cl)c(CN3CCC[C@@H]3[C@H](O)CNC(C)(C)Cc3ccc4ccccc4c3)cc2c1. The smallest absolute Gasteiger partial charge is 0.153 e. The molecule has 2 atom stereocenters. The number of fused-ring (bicyclic) bond motifs is 3. The summed E-state index contributed by atoms with van der Waals surface area (Å²) in [7, 11) is 0. The zero-order chi connectivity index (χ0) is 38.2. The Hall–Kier alpha value is -4.31. The van der Waals surface area contributed by atoms with Crippen LogP contribution in [0.2, 0.25) is 10.3 Å². The summed E-state index contributed by atoms with van der Waals surface area (Å²) in [5.74, 6) is 1.60.